The summed E-state index contributed by atoms with van der Waals surface area (Å²) >= 11 is 1.81. The van der Waals surface area contributed by atoms with E-state index in [9.17, 15) is 4.79 Å². The van der Waals surface area contributed by atoms with Crippen molar-refractivity contribution in [3.05, 3.63) is 44.9 Å². The summed E-state index contributed by atoms with van der Waals surface area (Å²) in [5, 5.41) is 9.17. The van der Waals surface area contributed by atoms with E-state index in [0.29, 0.717) is 5.56 Å². The fraction of sp³-hybridized carbons (Fsp3) is 0.400. The van der Waals surface area contributed by atoms with Crippen molar-refractivity contribution < 1.29 is 9.90 Å². The van der Waals surface area contributed by atoms with Crippen LogP contribution in [0.1, 0.15) is 44.5 Å². The maximum Gasteiger partial charge on any atom is 0.337 e. The smallest absolute Gasteiger partial charge is 0.337 e. The Morgan fingerprint density at radius 1 is 1.37 bits per heavy atom. The third kappa shape index (κ3) is 2.73. The first-order chi connectivity index (χ1) is 8.90. The molecule has 2 heterocycles. The lowest BCUT2D eigenvalue weighted by atomic mass is 10.2. The van der Waals surface area contributed by atoms with Crippen molar-refractivity contribution in [1.82, 2.24) is 4.57 Å². The van der Waals surface area contributed by atoms with E-state index in [0.717, 1.165) is 17.8 Å². The summed E-state index contributed by atoms with van der Waals surface area (Å²) in [6.45, 7) is 8.09. The maximum absolute atomic E-state index is 11.2. The van der Waals surface area contributed by atoms with E-state index >= 15 is 0 Å². The Morgan fingerprint density at radius 2 is 2.05 bits per heavy atom. The van der Waals surface area contributed by atoms with Gasteiger partial charge in [0.15, 0.2) is 0 Å². The summed E-state index contributed by atoms with van der Waals surface area (Å²) < 4.78 is 2.12. The topological polar surface area (TPSA) is 42.2 Å². The fourth-order valence-electron chi connectivity index (χ4n) is 2.65. The second-order valence-corrected chi connectivity index (χ2v) is 6.40. The number of nitrogens with zero attached hydrogens (tertiary/aromatic N) is 1. The third-order valence-electron chi connectivity index (χ3n) is 3.45. The zero-order chi connectivity index (χ0) is 14.2. The standard InChI is InChI=1S/C15H19NO2S/c1-9(7-13-6-5-11(3)19-13)16-10(2)8-14(12(16)4)15(17)18/h5-6,8-9H,7H2,1-4H3,(H,17,18). The highest BCUT2D eigenvalue weighted by Gasteiger charge is 2.18. The van der Waals surface area contributed by atoms with Gasteiger partial charge >= 0.3 is 5.97 Å². The number of carboxylic acid groups (broad SMARTS) is 1. The molecule has 0 aliphatic carbocycles. The molecule has 3 nitrogen and oxygen atoms in total. The number of aromatic nitrogens is 1. The molecule has 0 saturated carbocycles. The van der Waals surface area contributed by atoms with Crippen LogP contribution >= 0.6 is 11.3 Å². The SMILES string of the molecule is Cc1ccc(CC(C)n2c(C)cc(C(=O)O)c2C)s1. The van der Waals surface area contributed by atoms with Gasteiger partial charge in [0.05, 0.1) is 5.56 Å². The highest BCUT2D eigenvalue weighted by atomic mass is 32.1. The number of hydrogen-bond donors (Lipinski definition) is 1. The summed E-state index contributed by atoms with van der Waals surface area (Å²) in [6, 6.07) is 6.31. The van der Waals surface area contributed by atoms with Crippen LogP contribution in [0.2, 0.25) is 0 Å². The van der Waals surface area contributed by atoms with Gasteiger partial charge in [-0.2, -0.15) is 0 Å². The van der Waals surface area contributed by atoms with Crippen LogP contribution < -0.4 is 0 Å². The van der Waals surface area contributed by atoms with Gasteiger partial charge in [-0.15, -0.1) is 11.3 Å². The Bertz CT molecular complexity index is 610. The molecule has 2 rings (SSSR count). The van der Waals surface area contributed by atoms with Gasteiger partial charge in [-0.05, 0) is 45.9 Å². The number of carbonyl (C=O) groups is 1. The van der Waals surface area contributed by atoms with Gasteiger partial charge in [0, 0.05) is 33.6 Å². The number of aryl methyl sites for hydroxylation is 2. The average molecular weight is 277 g/mol. The van der Waals surface area contributed by atoms with Gasteiger partial charge in [-0.25, -0.2) is 4.79 Å². The van der Waals surface area contributed by atoms with Crippen LogP contribution in [-0.4, -0.2) is 15.6 Å². The number of aromatic carboxylic acids is 1. The summed E-state index contributed by atoms with van der Waals surface area (Å²) in [5.41, 5.74) is 2.26. The number of hydrogen-bond acceptors (Lipinski definition) is 2. The van der Waals surface area contributed by atoms with Crippen molar-refractivity contribution in [3.63, 3.8) is 0 Å². The average Bonchev–Trinajstić information content (AvgIpc) is 2.83. The monoisotopic (exact) mass is 277 g/mol. The molecule has 0 fully saturated rings. The second-order valence-electron chi connectivity index (χ2n) is 5.03. The molecular weight excluding hydrogens is 258 g/mol. The molecule has 102 valence electrons. The molecular formula is C15H19NO2S. The van der Waals surface area contributed by atoms with Gasteiger partial charge < -0.3 is 9.67 Å². The van der Waals surface area contributed by atoms with E-state index in [2.05, 4.69) is 30.5 Å². The van der Waals surface area contributed by atoms with Crippen LogP contribution in [-0.2, 0) is 6.42 Å². The molecule has 2 aromatic rings. The Hall–Kier alpha value is -1.55. The fourth-order valence-corrected chi connectivity index (χ4v) is 3.66. The van der Waals surface area contributed by atoms with E-state index in [-0.39, 0.29) is 6.04 Å². The van der Waals surface area contributed by atoms with E-state index in [1.54, 1.807) is 17.4 Å². The number of carboxylic acids is 1. The van der Waals surface area contributed by atoms with Gasteiger partial charge in [-0.3, -0.25) is 0 Å². The Morgan fingerprint density at radius 3 is 2.53 bits per heavy atom. The van der Waals surface area contributed by atoms with E-state index in [1.165, 1.54) is 9.75 Å². The highest BCUT2D eigenvalue weighted by Crippen LogP contribution is 2.26. The predicted molar refractivity (Wildman–Crippen MR) is 78.3 cm³/mol. The molecule has 0 aliphatic heterocycles. The maximum atomic E-state index is 11.2. The second kappa shape index (κ2) is 5.21. The Labute approximate surface area is 117 Å². The zero-order valence-corrected chi connectivity index (χ0v) is 12.5. The summed E-state index contributed by atoms with van der Waals surface area (Å²) in [7, 11) is 0. The van der Waals surface area contributed by atoms with Crippen molar-refractivity contribution in [2.75, 3.05) is 0 Å². The molecule has 1 atom stereocenters. The van der Waals surface area contributed by atoms with E-state index < -0.39 is 5.97 Å². The first-order valence-corrected chi connectivity index (χ1v) is 7.19. The predicted octanol–water partition coefficient (Wildman–Crippen LogP) is 3.98. The van der Waals surface area contributed by atoms with Gasteiger partial charge in [0.25, 0.3) is 0 Å². The normalized spacial score (nSPS) is 12.6. The van der Waals surface area contributed by atoms with Crippen molar-refractivity contribution in [2.45, 2.75) is 40.2 Å². The quantitative estimate of drug-likeness (QED) is 0.918. The van der Waals surface area contributed by atoms with Crippen molar-refractivity contribution in [1.29, 1.82) is 0 Å². The summed E-state index contributed by atoms with van der Waals surface area (Å²) in [4.78, 5) is 13.8. The molecule has 4 heteroatoms. The molecule has 0 radical (unpaired) electrons. The van der Waals surface area contributed by atoms with Crippen LogP contribution in [0.25, 0.3) is 0 Å². The minimum Gasteiger partial charge on any atom is -0.478 e. The Kier molecular flexibility index (Phi) is 3.80. The minimum atomic E-state index is -0.849. The lowest BCUT2D eigenvalue weighted by molar-refractivity contribution is 0.0696. The van der Waals surface area contributed by atoms with E-state index in [4.69, 9.17) is 5.11 Å². The van der Waals surface area contributed by atoms with Crippen LogP contribution in [0.3, 0.4) is 0 Å². The molecule has 0 amide bonds. The van der Waals surface area contributed by atoms with Crippen LogP contribution in [0.5, 0.6) is 0 Å². The van der Waals surface area contributed by atoms with Crippen LogP contribution in [0.4, 0.5) is 0 Å². The van der Waals surface area contributed by atoms with Crippen LogP contribution in [0, 0.1) is 20.8 Å². The number of thiophene rings is 1. The molecule has 0 aliphatic rings. The van der Waals surface area contributed by atoms with Crippen LogP contribution in [0.15, 0.2) is 18.2 Å². The molecule has 0 saturated heterocycles. The summed E-state index contributed by atoms with van der Waals surface area (Å²) in [5.74, 6) is -0.849. The zero-order valence-electron chi connectivity index (χ0n) is 11.7. The molecule has 0 bridgehead atoms. The minimum absolute atomic E-state index is 0.270. The van der Waals surface area contributed by atoms with Crippen molar-refractivity contribution in [3.8, 4) is 0 Å². The highest BCUT2D eigenvalue weighted by molar-refractivity contribution is 7.11. The van der Waals surface area contributed by atoms with Crippen molar-refractivity contribution in [2.24, 2.45) is 0 Å². The molecule has 1 N–H and O–H groups in total. The number of rotatable bonds is 4. The third-order valence-corrected chi connectivity index (χ3v) is 4.47. The largest absolute Gasteiger partial charge is 0.478 e. The first kappa shape index (κ1) is 13.9. The first-order valence-electron chi connectivity index (χ1n) is 6.37. The van der Waals surface area contributed by atoms with Gasteiger partial charge in [0.2, 0.25) is 0 Å². The lowest BCUT2D eigenvalue weighted by Gasteiger charge is -2.18. The van der Waals surface area contributed by atoms with Gasteiger partial charge in [0.1, 0.15) is 0 Å². The molecule has 2 aromatic heterocycles. The molecule has 0 aromatic carbocycles. The summed E-state index contributed by atoms with van der Waals surface area (Å²) in [6.07, 6.45) is 0.938. The van der Waals surface area contributed by atoms with Gasteiger partial charge in [-0.1, -0.05) is 0 Å². The van der Waals surface area contributed by atoms with E-state index in [1.807, 2.05) is 13.8 Å². The molecule has 19 heavy (non-hydrogen) atoms. The molecule has 1 unspecified atom stereocenters. The molecule has 0 spiro atoms. The lowest BCUT2D eigenvalue weighted by Crippen LogP contribution is -2.11. The van der Waals surface area contributed by atoms with Crippen molar-refractivity contribution >= 4 is 17.3 Å². The Balaban J connectivity index is 2.28.